The Balaban J connectivity index is 1.96. The number of carboxylic acid groups (broad SMARTS) is 1. The molecule has 1 saturated heterocycles. The van der Waals surface area contributed by atoms with Gasteiger partial charge in [-0.2, -0.15) is 0 Å². The third-order valence-electron chi connectivity index (χ3n) is 3.49. The SMILES string of the molecule is CCOc1ccccc1CCN1CC(C(=O)O)CC1=O. The molecular weight excluding hydrogens is 258 g/mol. The zero-order valence-electron chi connectivity index (χ0n) is 11.5. The second-order valence-corrected chi connectivity index (χ2v) is 4.87. The van der Waals surface area contributed by atoms with Crippen molar-refractivity contribution in [2.75, 3.05) is 19.7 Å². The summed E-state index contributed by atoms with van der Waals surface area (Å²) in [5.41, 5.74) is 1.04. The minimum atomic E-state index is -0.893. The molecule has 0 bridgehead atoms. The summed E-state index contributed by atoms with van der Waals surface area (Å²) in [6, 6.07) is 7.73. The fourth-order valence-corrected chi connectivity index (χ4v) is 2.42. The van der Waals surface area contributed by atoms with Gasteiger partial charge in [0.1, 0.15) is 5.75 Å². The van der Waals surface area contributed by atoms with Crippen molar-refractivity contribution in [2.45, 2.75) is 19.8 Å². The van der Waals surface area contributed by atoms with Crippen molar-refractivity contribution in [3.8, 4) is 5.75 Å². The number of hydrogen-bond acceptors (Lipinski definition) is 3. The topological polar surface area (TPSA) is 66.8 Å². The number of hydrogen-bond donors (Lipinski definition) is 1. The molecule has 1 aliphatic heterocycles. The van der Waals surface area contributed by atoms with Gasteiger partial charge >= 0.3 is 5.97 Å². The van der Waals surface area contributed by atoms with Crippen LogP contribution in [-0.4, -0.2) is 41.6 Å². The molecule has 1 heterocycles. The van der Waals surface area contributed by atoms with Gasteiger partial charge in [-0.25, -0.2) is 0 Å². The van der Waals surface area contributed by atoms with Crippen molar-refractivity contribution in [1.29, 1.82) is 0 Å². The number of likely N-dealkylation sites (tertiary alicyclic amines) is 1. The van der Waals surface area contributed by atoms with Crippen molar-refractivity contribution < 1.29 is 19.4 Å². The Kier molecular flexibility index (Phi) is 4.61. The molecule has 1 fully saturated rings. The number of ether oxygens (including phenoxy) is 1. The highest BCUT2D eigenvalue weighted by Crippen LogP contribution is 2.22. The fraction of sp³-hybridized carbons (Fsp3) is 0.467. The summed E-state index contributed by atoms with van der Waals surface area (Å²) < 4.78 is 5.54. The van der Waals surface area contributed by atoms with Crippen LogP contribution in [0.1, 0.15) is 18.9 Å². The molecule has 2 rings (SSSR count). The molecule has 0 aromatic heterocycles. The number of benzene rings is 1. The van der Waals surface area contributed by atoms with E-state index in [-0.39, 0.29) is 12.3 Å². The van der Waals surface area contributed by atoms with E-state index in [9.17, 15) is 9.59 Å². The summed E-state index contributed by atoms with van der Waals surface area (Å²) >= 11 is 0. The molecule has 0 saturated carbocycles. The minimum Gasteiger partial charge on any atom is -0.494 e. The van der Waals surface area contributed by atoms with E-state index in [1.807, 2.05) is 31.2 Å². The van der Waals surface area contributed by atoms with Gasteiger partial charge in [0, 0.05) is 19.5 Å². The zero-order valence-corrected chi connectivity index (χ0v) is 11.5. The summed E-state index contributed by atoms with van der Waals surface area (Å²) in [4.78, 5) is 24.3. The Hall–Kier alpha value is -2.04. The van der Waals surface area contributed by atoms with E-state index >= 15 is 0 Å². The Labute approximate surface area is 118 Å². The first kappa shape index (κ1) is 14.4. The summed E-state index contributed by atoms with van der Waals surface area (Å²) in [5, 5.41) is 8.95. The fourth-order valence-electron chi connectivity index (χ4n) is 2.42. The number of carboxylic acids is 1. The maximum Gasteiger partial charge on any atom is 0.308 e. The van der Waals surface area contributed by atoms with Gasteiger partial charge in [0.25, 0.3) is 0 Å². The van der Waals surface area contributed by atoms with Gasteiger partial charge in [0.05, 0.1) is 12.5 Å². The van der Waals surface area contributed by atoms with Crippen LogP contribution >= 0.6 is 0 Å². The standard InChI is InChI=1S/C15H19NO4/c1-2-20-13-6-4-3-5-11(13)7-8-16-10-12(15(18)19)9-14(16)17/h3-6,12H,2,7-10H2,1H3,(H,18,19). The molecule has 0 spiro atoms. The predicted molar refractivity (Wildman–Crippen MR) is 73.6 cm³/mol. The lowest BCUT2D eigenvalue weighted by atomic mass is 10.1. The highest BCUT2D eigenvalue weighted by atomic mass is 16.5. The van der Waals surface area contributed by atoms with Gasteiger partial charge in [-0.1, -0.05) is 18.2 Å². The Bertz CT molecular complexity index is 500. The molecule has 5 heteroatoms. The first-order valence-electron chi connectivity index (χ1n) is 6.83. The Morgan fingerprint density at radius 3 is 2.85 bits per heavy atom. The van der Waals surface area contributed by atoms with Crippen LogP contribution in [0.25, 0.3) is 0 Å². The Morgan fingerprint density at radius 1 is 1.45 bits per heavy atom. The van der Waals surface area contributed by atoms with Crippen molar-refractivity contribution in [3.05, 3.63) is 29.8 Å². The summed E-state index contributed by atoms with van der Waals surface area (Å²) in [6.45, 7) is 3.37. The van der Waals surface area contributed by atoms with E-state index in [0.717, 1.165) is 11.3 Å². The number of carbonyl (C=O) groups is 2. The average molecular weight is 277 g/mol. The van der Waals surface area contributed by atoms with Crippen LogP contribution in [0.15, 0.2) is 24.3 Å². The average Bonchev–Trinajstić information content (AvgIpc) is 2.80. The molecular formula is C15H19NO4. The van der Waals surface area contributed by atoms with Gasteiger partial charge in [-0.15, -0.1) is 0 Å². The minimum absolute atomic E-state index is 0.0775. The lowest BCUT2D eigenvalue weighted by molar-refractivity contribution is -0.141. The van der Waals surface area contributed by atoms with E-state index in [0.29, 0.717) is 26.1 Å². The van der Waals surface area contributed by atoms with Gasteiger partial charge in [-0.05, 0) is 25.0 Å². The quantitative estimate of drug-likeness (QED) is 0.857. The lowest BCUT2D eigenvalue weighted by Gasteiger charge is -2.17. The maximum atomic E-state index is 11.8. The molecule has 0 radical (unpaired) electrons. The smallest absolute Gasteiger partial charge is 0.308 e. The predicted octanol–water partition coefficient (Wildman–Crippen LogP) is 1.56. The second-order valence-electron chi connectivity index (χ2n) is 4.87. The van der Waals surface area contributed by atoms with E-state index in [1.165, 1.54) is 0 Å². The second kappa shape index (κ2) is 6.41. The molecule has 1 aromatic rings. The number of carbonyl (C=O) groups excluding carboxylic acids is 1. The molecule has 0 aliphatic carbocycles. The highest BCUT2D eigenvalue weighted by Gasteiger charge is 2.33. The normalized spacial score (nSPS) is 18.4. The van der Waals surface area contributed by atoms with Crippen LogP contribution in [0, 0.1) is 5.92 Å². The molecule has 5 nitrogen and oxygen atoms in total. The van der Waals surface area contributed by atoms with Gasteiger partial charge in [-0.3, -0.25) is 9.59 Å². The van der Waals surface area contributed by atoms with E-state index < -0.39 is 11.9 Å². The van der Waals surface area contributed by atoms with E-state index in [4.69, 9.17) is 9.84 Å². The molecule has 1 aliphatic rings. The van der Waals surface area contributed by atoms with Crippen LogP contribution in [0.4, 0.5) is 0 Å². The summed E-state index contributed by atoms with van der Waals surface area (Å²) in [6.07, 6.45) is 0.788. The lowest BCUT2D eigenvalue weighted by Crippen LogP contribution is -2.28. The third kappa shape index (κ3) is 3.29. The van der Waals surface area contributed by atoms with Crippen molar-refractivity contribution in [3.63, 3.8) is 0 Å². The molecule has 108 valence electrons. The number of rotatable bonds is 6. The Morgan fingerprint density at radius 2 is 2.20 bits per heavy atom. The van der Waals surface area contributed by atoms with Gasteiger partial charge in [0.2, 0.25) is 5.91 Å². The number of aliphatic carboxylic acids is 1. The molecule has 1 N–H and O–H groups in total. The number of para-hydroxylation sites is 1. The van der Waals surface area contributed by atoms with Crippen molar-refractivity contribution in [1.82, 2.24) is 4.90 Å². The van der Waals surface area contributed by atoms with Crippen LogP contribution < -0.4 is 4.74 Å². The van der Waals surface area contributed by atoms with Crippen molar-refractivity contribution in [2.24, 2.45) is 5.92 Å². The summed E-state index contributed by atoms with van der Waals surface area (Å²) in [5.74, 6) is -0.706. The third-order valence-corrected chi connectivity index (χ3v) is 3.49. The van der Waals surface area contributed by atoms with Crippen LogP contribution in [-0.2, 0) is 16.0 Å². The number of nitrogens with zero attached hydrogens (tertiary/aromatic N) is 1. The van der Waals surface area contributed by atoms with E-state index in [2.05, 4.69) is 0 Å². The molecule has 1 amide bonds. The molecule has 1 atom stereocenters. The highest BCUT2D eigenvalue weighted by molar-refractivity contribution is 5.86. The first-order valence-corrected chi connectivity index (χ1v) is 6.83. The van der Waals surface area contributed by atoms with Gasteiger partial charge < -0.3 is 14.7 Å². The van der Waals surface area contributed by atoms with Gasteiger partial charge in [0.15, 0.2) is 0 Å². The maximum absolute atomic E-state index is 11.8. The zero-order chi connectivity index (χ0) is 14.5. The van der Waals surface area contributed by atoms with Crippen molar-refractivity contribution >= 4 is 11.9 Å². The number of amides is 1. The largest absolute Gasteiger partial charge is 0.494 e. The molecule has 1 aromatic carbocycles. The first-order chi connectivity index (χ1) is 9.61. The van der Waals surface area contributed by atoms with Crippen LogP contribution in [0.5, 0.6) is 5.75 Å². The summed E-state index contributed by atoms with van der Waals surface area (Å²) in [7, 11) is 0. The van der Waals surface area contributed by atoms with E-state index in [1.54, 1.807) is 4.90 Å². The molecule has 20 heavy (non-hydrogen) atoms. The van der Waals surface area contributed by atoms with Crippen LogP contribution in [0.3, 0.4) is 0 Å². The molecule has 1 unspecified atom stereocenters. The van der Waals surface area contributed by atoms with Crippen LogP contribution in [0.2, 0.25) is 0 Å². The monoisotopic (exact) mass is 277 g/mol.